The molecule has 3 aromatic rings. The van der Waals surface area contributed by atoms with Gasteiger partial charge in [-0.15, -0.1) is 10.2 Å². The SMILES string of the molecule is Cc1ccccc1CN(C)Cc1nnc(-c2ccc(Cl)cc2)o1. The molecule has 23 heavy (non-hydrogen) atoms. The van der Waals surface area contributed by atoms with Crippen LogP contribution in [0.4, 0.5) is 0 Å². The lowest BCUT2D eigenvalue weighted by Crippen LogP contribution is -2.18. The predicted octanol–water partition coefficient (Wildman–Crippen LogP) is 4.33. The molecule has 118 valence electrons. The Morgan fingerprint density at radius 2 is 1.74 bits per heavy atom. The number of aryl methyl sites for hydroxylation is 1. The fourth-order valence-corrected chi connectivity index (χ4v) is 2.52. The minimum Gasteiger partial charge on any atom is -0.419 e. The fraction of sp³-hybridized carbons (Fsp3) is 0.222. The highest BCUT2D eigenvalue weighted by Crippen LogP contribution is 2.21. The lowest BCUT2D eigenvalue weighted by Gasteiger charge is -2.15. The second-order valence-corrected chi connectivity index (χ2v) is 6.04. The van der Waals surface area contributed by atoms with E-state index in [0.717, 1.165) is 12.1 Å². The monoisotopic (exact) mass is 327 g/mol. The zero-order chi connectivity index (χ0) is 16.2. The number of rotatable bonds is 5. The summed E-state index contributed by atoms with van der Waals surface area (Å²) >= 11 is 5.89. The van der Waals surface area contributed by atoms with Gasteiger partial charge in [-0.2, -0.15) is 0 Å². The van der Waals surface area contributed by atoms with Crippen LogP contribution in [0.25, 0.3) is 11.5 Å². The van der Waals surface area contributed by atoms with Crippen LogP contribution < -0.4 is 0 Å². The van der Waals surface area contributed by atoms with Crippen molar-refractivity contribution in [2.45, 2.75) is 20.0 Å². The molecule has 0 radical (unpaired) electrons. The van der Waals surface area contributed by atoms with E-state index in [4.69, 9.17) is 16.0 Å². The fourth-order valence-electron chi connectivity index (χ4n) is 2.39. The van der Waals surface area contributed by atoms with Crippen LogP contribution in [-0.4, -0.2) is 22.1 Å². The van der Waals surface area contributed by atoms with Gasteiger partial charge in [0.25, 0.3) is 0 Å². The second-order valence-electron chi connectivity index (χ2n) is 5.61. The van der Waals surface area contributed by atoms with Crippen LogP contribution in [-0.2, 0) is 13.1 Å². The van der Waals surface area contributed by atoms with E-state index in [0.29, 0.717) is 23.3 Å². The van der Waals surface area contributed by atoms with Crippen molar-refractivity contribution in [1.82, 2.24) is 15.1 Å². The van der Waals surface area contributed by atoms with Crippen molar-refractivity contribution >= 4 is 11.6 Å². The van der Waals surface area contributed by atoms with E-state index in [2.05, 4.69) is 46.3 Å². The van der Waals surface area contributed by atoms with Crippen molar-refractivity contribution < 1.29 is 4.42 Å². The number of benzene rings is 2. The summed E-state index contributed by atoms with van der Waals surface area (Å²) in [5, 5.41) is 8.92. The average Bonchev–Trinajstić information content (AvgIpc) is 2.98. The van der Waals surface area contributed by atoms with E-state index in [1.165, 1.54) is 11.1 Å². The Morgan fingerprint density at radius 1 is 1.00 bits per heavy atom. The molecule has 2 aromatic carbocycles. The van der Waals surface area contributed by atoms with Gasteiger partial charge in [-0.05, 0) is 49.4 Å². The topological polar surface area (TPSA) is 42.2 Å². The van der Waals surface area contributed by atoms with Gasteiger partial charge >= 0.3 is 0 Å². The van der Waals surface area contributed by atoms with Crippen molar-refractivity contribution in [3.8, 4) is 11.5 Å². The van der Waals surface area contributed by atoms with Crippen LogP contribution >= 0.6 is 11.6 Å². The highest BCUT2D eigenvalue weighted by Gasteiger charge is 2.11. The Kier molecular flexibility index (Phi) is 4.74. The van der Waals surface area contributed by atoms with Gasteiger partial charge in [0.15, 0.2) is 0 Å². The third-order valence-corrected chi connectivity index (χ3v) is 3.92. The van der Waals surface area contributed by atoms with Gasteiger partial charge in [0.05, 0.1) is 6.54 Å². The molecule has 0 amide bonds. The molecule has 0 unspecified atom stereocenters. The molecular formula is C18H18ClN3O. The summed E-state index contributed by atoms with van der Waals surface area (Å²) in [5.41, 5.74) is 3.45. The number of hydrogen-bond acceptors (Lipinski definition) is 4. The normalized spacial score (nSPS) is 11.1. The lowest BCUT2D eigenvalue weighted by atomic mass is 10.1. The molecular weight excluding hydrogens is 310 g/mol. The third-order valence-electron chi connectivity index (χ3n) is 3.66. The molecule has 0 aliphatic heterocycles. The first kappa shape index (κ1) is 15.7. The average molecular weight is 328 g/mol. The first-order valence-electron chi connectivity index (χ1n) is 7.43. The summed E-state index contributed by atoms with van der Waals surface area (Å²) in [6.07, 6.45) is 0. The standard InChI is InChI=1S/C18H18ClN3O/c1-13-5-3-4-6-15(13)11-22(2)12-17-20-21-18(23-17)14-7-9-16(19)10-8-14/h3-10H,11-12H2,1-2H3. The highest BCUT2D eigenvalue weighted by atomic mass is 35.5. The second kappa shape index (κ2) is 6.94. The molecule has 0 bridgehead atoms. The molecule has 1 aromatic heterocycles. The summed E-state index contributed by atoms with van der Waals surface area (Å²) < 4.78 is 5.74. The van der Waals surface area contributed by atoms with Gasteiger partial charge in [-0.25, -0.2) is 0 Å². The Labute approximate surface area is 140 Å². The van der Waals surface area contributed by atoms with Crippen LogP contribution in [0.5, 0.6) is 0 Å². The zero-order valence-electron chi connectivity index (χ0n) is 13.2. The third kappa shape index (κ3) is 3.97. The Bertz CT molecular complexity index is 783. The molecule has 0 aliphatic rings. The molecule has 0 saturated heterocycles. The van der Waals surface area contributed by atoms with Crippen molar-refractivity contribution in [2.75, 3.05) is 7.05 Å². The van der Waals surface area contributed by atoms with Crippen molar-refractivity contribution in [2.24, 2.45) is 0 Å². The van der Waals surface area contributed by atoms with Crippen LogP contribution in [0.2, 0.25) is 5.02 Å². The Morgan fingerprint density at radius 3 is 2.48 bits per heavy atom. The summed E-state index contributed by atoms with van der Waals surface area (Å²) in [4.78, 5) is 2.15. The van der Waals surface area contributed by atoms with Gasteiger partial charge in [0.2, 0.25) is 11.8 Å². The first-order chi connectivity index (χ1) is 11.1. The minimum atomic E-state index is 0.515. The van der Waals surface area contributed by atoms with E-state index in [-0.39, 0.29) is 0 Å². The smallest absolute Gasteiger partial charge is 0.247 e. The summed E-state index contributed by atoms with van der Waals surface area (Å²) in [6, 6.07) is 15.7. The van der Waals surface area contributed by atoms with Crippen molar-refractivity contribution in [1.29, 1.82) is 0 Å². The number of hydrogen-bond donors (Lipinski definition) is 0. The van der Waals surface area contributed by atoms with Gasteiger partial charge in [-0.3, -0.25) is 4.90 Å². The van der Waals surface area contributed by atoms with E-state index >= 15 is 0 Å². The molecule has 0 spiro atoms. The van der Waals surface area contributed by atoms with Crippen LogP contribution in [0.1, 0.15) is 17.0 Å². The Balaban J connectivity index is 1.67. The van der Waals surface area contributed by atoms with Crippen molar-refractivity contribution in [3.63, 3.8) is 0 Å². The van der Waals surface area contributed by atoms with Gasteiger partial charge in [-0.1, -0.05) is 35.9 Å². The van der Waals surface area contributed by atoms with E-state index < -0.39 is 0 Å². The number of aromatic nitrogens is 2. The number of nitrogens with zero attached hydrogens (tertiary/aromatic N) is 3. The summed E-state index contributed by atoms with van der Waals surface area (Å²) in [5.74, 6) is 1.12. The van der Waals surface area contributed by atoms with E-state index in [1.807, 2.05) is 31.3 Å². The van der Waals surface area contributed by atoms with E-state index in [1.54, 1.807) is 0 Å². The molecule has 5 heteroatoms. The van der Waals surface area contributed by atoms with Crippen molar-refractivity contribution in [3.05, 3.63) is 70.6 Å². The maximum absolute atomic E-state index is 5.89. The molecule has 1 heterocycles. The highest BCUT2D eigenvalue weighted by molar-refractivity contribution is 6.30. The molecule has 0 saturated carbocycles. The largest absolute Gasteiger partial charge is 0.419 e. The molecule has 0 N–H and O–H groups in total. The minimum absolute atomic E-state index is 0.515. The molecule has 3 rings (SSSR count). The quantitative estimate of drug-likeness (QED) is 0.699. The number of halogens is 1. The van der Waals surface area contributed by atoms with Gasteiger partial charge in [0.1, 0.15) is 0 Å². The summed E-state index contributed by atoms with van der Waals surface area (Å²) in [6.45, 7) is 3.56. The molecule has 0 atom stereocenters. The lowest BCUT2D eigenvalue weighted by molar-refractivity contribution is 0.282. The zero-order valence-corrected chi connectivity index (χ0v) is 13.9. The maximum Gasteiger partial charge on any atom is 0.247 e. The van der Waals surface area contributed by atoms with E-state index in [9.17, 15) is 0 Å². The Hall–Kier alpha value is -2.17. The maximum atomic E-state index is 5.89. The molecule has 0 fully saturated rings. The van der Waals surface area contributed by atoms with Gasteiger partial charge in [0, 0.05) is 17.1 Å². The predicted molar refractivity (Wildman–Crippen MR) is 91.1 cm³/mol. The first-order valence-corrected chi connectivity index (χ1v) is 7.81. The van der Waals surface area contributed by atoms with Crippen LogP contribution in [0, 0.1) is 6.92 Å². The van der Waals surface area contributed by atoms with Crippen LogP contribution in [0.15, 0.2) is 52.9 Å². The molecule has 0 aliphatic carbocycles. The summed E-state index contributed by atoms with van der Waals surface area (Å²) in [7, 11) is 2.04. The van der Waals surface area contributed by atoms with Crippen LogP contribution in [0.3, 0.4) is 0 Å². The molecule has 4 nitrogen and oxygen atoms in total. The van der Waals surface area contributed by atoms with Gasteiger partial charge < -0.3 is 4.42 Å².